The molecule has 2 heterocycles. The maximum Gasteiger partial charge on any atom is 0.416 e. The number of hydrogen-bond acceptors (Lipinski definition) is 4. The number of fused-ring (bicyclic) bond motifs is 1. The smallest absolute Gasteiger partial charge is 0.395 e. The summed E-state index contributed by atoms with van der Waals surface area (Å²) in [5, 5.41) is 15.1. The summed E-state index contributed by atoms with van der Waals surface area (Å²) in [7, 11) is 0. The van der Waals surface area contributed by atoms with Crippen molar-refractivity contribution < 1.29 is 18.3 Å². The SMILES string of the molecule is CSc1c(CN2Cc3ccccc3CC2CO)c(C)nn1-c1c(Cl)cc(C(F)(F)F)cc1Cl. The minimum Gasteiger partial charge on any atom is -0.395 e. The van der Waals surface area contributed by atoms with Crippen LogP contribution in [-0.4, -0.2) is 38.7 Å². The Hall–Kier alpha value is -1.71. The van der Waals surface area contributed by atoms with E-state index in [4.69, 9.17) is 23.2 Å². The first-order chi connectivity index (χ1) is 15.6. The Labute approximate surface area is 204 Å². The van der Waals surface area contributed by atoms with E-state index in [0.717, 1.165) is 34.8 Å². The zero-order chi connectivity index (χ0) is 23.9. The fourth-order valence-electron chi connectivity index (χ4n) is 4.22. The number of thioether (sulfide) groups is 1. The van der Waals surface area contributed by atoms with Crippen LogP contribution in [0.4, 0.5) is 13.2 Å². The standard InChI is InChI=1S/C23H22Cl2F3N3OS/c1-13-18(11-30-10-15-6-4-3-5-14(15)7-17(30)12-32)22(33-2)31(29-13)21-19(24)8-16(9-20(21)25)23(26,27)28/h3-6,8-9,17,32H,7,10-12H2,1-2H3. The van der Waals surface area contributed by atoms with Crippen molar-refractivity contribution in [3.8, 4) is 5.69 Å². The van der Waals surface area contributed by atoms with Gasteiger partial charge in [-0.3, -0.25) is 4.90 Å². The van der Waals surface area contributed by atoms with E-state index < -0.39 is 11.7 Å². The van der Waals surface area contributed by atoms with Crippen LogP contribution in [0.25, 0.3) is 5.69 Å². The van der Waals surface area contributed by atoms with E-state index in [0.29, 0.717) is 13.1 Å². The third-order valence-corrected chi connectivity index (χ3v) is 7.30. The van der Waals surface area contributed by atoms with E-state index in [9.17, 15) is 18.3 Å². The predicted octanol–water partition coefficient (Wildman–Crippen LogP) is 6.15. The maximum atomic E-state index is 13.2. The number of benzene rings is 2. The summed E-state index contributed by atoms with van der Waals surface area (Å²) in [5.74, 6) is 0. The average Bonchev–Trinajstić information content (AvgIpc) is 3.06. The summed E-state index contributed by atoms with van der Waals surface area (Å²) >= 11 is 13.9. The van der Waals surface area contributed by atoms with Gasteiger partial charge >= 0.3 is 6.18 Å². The van der Waals surface area contributed by atoms with Gasteiger partial charge in [-0.05, 0) is 42.9 Å². The molecular weight excluding hydrogens is 494 g/mol. The van der Waals surface area contributed by atoms with E-state index in [2.05, 4.69) is 22.1 Å². The van der Waals surface area contributed by atoms with Gasteiger partial charge in [0.25, 0.3) is 0 Å². The zero-order valence-electron chi connectivity index (χ0n) is 18.0. The first kappa shape index (κ1) is 24.4. The van der Waals surface area contributed by atoms with E-state index in [1.807, 2.05) is 25.3 Å². The number of hydrogen-bond donors (Lipinski definition) is 1. The molecule has 1 N–H and O–H groups in total. The van der Waals surface area contributed by atoms with Crippen molar-refractivity contribution >= 4 is 35.0 Å². The van der Waals surface area contributed by atoms with E-state index in [1.165, 1.54) is 27.6 Å². The second kappa shape index (κ2) is 9.50. The Kier molecular flexibility index (Phi) is 7.03. The van der Waals surface area contributed by atoms with Gasteiger partial charge in [-0.15, -0.1) is 11.8 Å². The van der Waals surface area contributed by atoms with Crippen LogP contribution in [0.15, 0.2) is 41.4 Å². The van der Waals surface area contributed by atoms with Crippen molar-refractivity contribution in [3.05, 3.63) is 74.4 Å². The van der Waals surface area contributed by atoms with Crippen molar-refractivity contribution in [2.24, 2.45) is 0 Å². The number of aliphatic hydroxyl groups excluding tert-OH is 1. The number of rotatable bonds is 5. The fourth-order valence-corrected chi connectivity index (χ4v) is 5.63. The van der Waals surface area contributed by atoms with Crippen LogP contribution in [-0.2, 0) is 25.7 Å². The average molecular weight is 516 g/mol. The van der Waals surface area contributed by atoms with Gasteiger partial charge < -0.3 is 5.11 Å². The highest BCUT2D eigenvalue weighted by molar-refractivity contribution is 7.98. The largest absolute Gasteiger partial charge is 0.416 e. The third-order valence-electron chi connectivity index (χ3n) is 5.92. The molecular formula is C23H22Cl2F3N3OS. The van der Waals surface area contributed by atoms with Crippen molar-refractivity contribution in [2.45, 2.75) is 43.7 Å². The molecule has 176 valence electrons. The van der Waals surface area contributed by atoms with Crippen LogP contribution in [0.3, 0.4) is 0 Å². The third kappa shape index (κ3) is 4.77. The lowest BCUT2D eigenvalue weighted by atomic mass is 9.94. The predicted molar refractivity (Wildman–Crippen MR) is 125 cm³/mol. The van der Waals surface area contributed by atoms with Gasteiger partial charge in [0.05, 0.1) is 27.9 Å². The summed E-state index contributed by atoms with van der Waals surface area (Å²) in [6, 6.07) is 9.86. The monoisotopic (exact) mass is 515 g/mol. The Morgan fingerprint density at radius 3 is 2.36 bits per heavy atom. The van der Waals surface area contributed by atoms with Crippen LogP contribution in [0.1, 0.15) is 27.9 Å². The molecule has 0 radical (unpaired) electrons. The van der Waals surface area contributed by atoms with Gasteiger partial charge in [0.1, 0.15) is 10.7 Å². The van der Waals surface area contributed by atoms with Crippen molar-refractivity contribution in [2.75, 3.05) is 12.9 Å². The summed E-state index contributed by atoms with van der Waals surface area (Å²) in [5.41, 5.74) is 3.40. The van der Waals surface area contributed by atoms with Gasteiger partial charge in [-0.2, -0.15) is 18.3 Å². The first-order valence-corrected chi connectivity index (χ1v) is 12.2. The van der Waals surface area contributed by atoms with Crippen LogP contribution in [0.2, 0.25) is 10.0 Å². The van der Waals surface area contributed by atoms with Crippen LogP contribution in [0, 0.1) is 6.92 Å². The summed E-state index contributed by atoms with van der Waals surface area (Å²) in [6.45, 7) is 3.08. The Morgan fingerprint density at radius 1 is 1.15 bits per heavy atom. The summed E-state index contributed by atoms with van der Waals surface area (Å²) in [4.78, 5) is 2.20. The number of aliphatic hydroxyl groups is 1. The molecule has 3 aromatic rings. The van der Waals surface area contributed by atoms with Crippen LogP contribution >= 0.6 is 35.0 Å². The highest BCUT2D eigenvalue weighted by Crippen LogP contribution is 2.40. The maximum absolute atomic E-state index is 13.2. The van der Waals surface area contributed by atoms with E-state index in [-0.39, 0.29) is 28.4 Å². The Morgan fingerprint density at radius 2 is 1.79 bits per heavy atom. The summed E-state index contributed by atoms with van der Waals surface area (Å²) in [6.07, 6.45) is -1.94. The molecule has 4 rings (SSSR count). The van der Waals surface area contributed by atoms with E-state index in [1.54, 1.807) is 0 Å². The molecule has 0 amide bonds. The molecule has 0 spiro atoms. The van der Waals surface area contributed by atoms with Crippen molar-refractivity contribution in [1.29, 1.82) is 0 Å². The molecule has 1 aromatic heterocycles. The molecule has 0 aliphatic carbocycles. The number of halogens is 5. The number of aryl methyl sites for hydroxylation is 1. The molecule has 1 aliphatic heterocycles. The van der Waals surface area contributed by atoms with Gasteiger partial charge in [-0.25, -0.2) is 4.68 Å². The number of alkyl halides is 3. The van der Waals surface area contributed by atoms with Gasteiger partial charge in [0.2, 0.25) is 0 Å². The molecule has 0 bridgehead atoms. The second-order valence-corrected chi connectivity index (χ2v) is 9.59. The minimum absolute atomic E-state index is 0.0205. The van der Waals surface area contributed by atoms with Gasteiger partial charge in [0, 0.05) is 24.7 Å². The van der Waals surface area contributed by atoms with Crippen molar-refractivity contribution in [3.63, 3.8) is 0 Å². The summed E-state index contributed by atoms with van der Waals surface area (Å²) < 4.78 is 41.0. The highest BCUT2D eigenvalue weighted by atomic mass is 35.5. The Bertz CT molecular complexity index is 1160. The normalized spacial score (nSPS) is 16.8. The van der Waals surface area contributed by atoms with E-state index >= 15 is 0 Å². The topological polar surface area (TPSA) is 41.3 Å². The molecule has 0 saturated carbocycles. The van der Waals surface area contributed by atoms with Crippen molar-refractivity contribution in [1.82, 2.24) is 14.7 Å². The lowest BCUT2D eigenvalue weighted by Crippen LogP contribution is -2.42. The fraction of sp³-hybridized carbons (Fsp3) is 0.348. The molecule has 2 aromatic carbocycles. The second-order valence-electron chi connectivity index (χ2n) is 7.99. The molecule has 0 fully saturated rings. The minimum atomic E-state index is -4.55. The zero-order valence-corrected chi connectivity index (χ0v) is 20.3. The molecule has 33 heavy (non-hydrogen) atoms. The molecule has 1 atom stereocenters. The highest BCUT2D eigenvalue weighted by Gasteiger charge is 2.33. The van der Waals surface area contributed by atoms with Crippen LogP contribution < -0.4 is 0 Å². The first-order valence-electron chi connectivity index (χ1n) is 10.2. The molecule has 0 saturated heterocycles. The molecule has 1 unspecified atom stereocenters. The molecule has 4 nitrogen and oxygen atoms in total. The number of aromatic nitrogens is 2. The number of nitrogens with zero attached hydrogens (tertiary/aromatic N) is 3. The van der Waals surface area contributed by atoms with Crippen LogP contribution in [0.5, 0.6) is 0 Å². The lowest BCUT2D eigenvalue weighted by Gasteiger charge is -2.36. The Balaban J connectivity index is 1.73. The molecule has 10 heteroatoms. The lowest BCUT2D eigenvalue weighted by molar-refractivity contribution is -0.137. The molecule has 1 aliphatic rings. The van der Waals surface area contributed by atoms with Gasteiger partial charge in [-0.1, -0.05) is 47.5 Å². The van der Waals surface area contributed by atoms with Gasteiger partial charge in [0.15, 0.2) is 0 Å². The quantitative estimate of drug-likeness (QED) is 0.414.